The topological polar surface area (TPSA) is 79.8 Å². The molecule has 0 aliphatic carbocycles. The second-order valence-corrected chi connectivity index (χ2v) is 8.20. The number of nitrogens with zero attached hydrogens (tertiary/aromatic N) is 1. The number of hydrogen-bond donors (Lipinski definition) is 2. The Morgan fingerprint density at radius 1 is 1.11 bits per heavy atom. The smallest absolute Gasteiger partial charge is 0.416 e. The van der Waals surface area contributed by atoms with Gasteiger partial charge < -0.3 is 15.4 Å². The number of benzene rings is 2. The van der Waals surface area contributed by atoms with E-state index in [1.807, 2.05) is 0 Å². The maximum Gasteiger partial charge on any atom is 0.416 e. The van der Waals surface area contributed by atoms with Crippen molar-refractivity contribution in [2.24, 2.45) is 4.99 Å². The summed E-state index contributed by atoms with van der Waals surface area (Å²) in [6.07, 6.45) is -8.38. The minimum Gasteiger partial charge on any atom is -0.487 e. The lowest BCUT2D eigenvalue weighted by atomic mass is 10.0. The predicted molar refractivity (Wildman–Crippen MR) is 119 cm³/mol. The van der Waals surface area contributed by atoms with E-state index in [1.54, 1.807) is 6.08 Å². The quantitative estimate of drug-likeness (QED) is 0.471. The number of amidine groups is 1. The van der Waals surface area contributed by atoms with Crippen molar-refractivity contribution in [2.45, 2.75) is 25.9 Å². The van der Waals surface area contributed by atoms with Crippen LogP contribution in [-0.2, 0) is 23.8 Å². The molecule has 3 rings (SSSR count). The first-order chi connectivity index (χ1) is 16.3. The second kappa shape index (κ2) is 10.0. The van der Waals surface area contributed by atoms with Crippen LogP contribution in [0.2, 0.25) is 0 Å². The summed E-state index contributed by atoms with van der Waals surface area (Å²) in [6.45, 7) is 0.505. The van der Waals surface area contributed by atoms with E-state index in [2.05, 4.69) is 15.6 Å². The van der Waals surface area contributed by atoms with Gasteiger partial charge in [0.05, 0.1) is 21.7 Å². The summed E-state index contributed by atoms with van der Waals surface area (Å²) < 4.78 is 84.3. The van der Waals surface area contributed by atoms with E-state index in [4.69, 9.17) is 4.74 Å². The number of hydrogen-bond acceptors (Lipinski definition) is 5. The highest BCUT2D eigenvalue weighted by molar-refractivity contribution is 8.18. The summed E-state index contributed by atoms with van der Waals surface area (Å²) in [7, 11) is 1.49. The van der Waals surface area contributed by atoms with Crippen molar-refractivity contribution in [2.75, 3.05) is 12.4 Å². The first-order valence-corrected chi connectivity index (χ1v) is 10.6. The zero-order chi connectivity index (χ0) is 26.0. The van der Waals surface area contributed by atoms with Crippen LogP contribution in [0.3, 0.4) is 0 Å². The fourth-order valence-electron chi connectivity index (χ4n) is 3.10. The summed E-state index contributed by atoms with van der Waals surface area (Å²) in [4.78, 5) is 27.7. The Bertz CT molecular complexity index is 1220. The number of amides is 2. The van der Waals surface area contributed by atoms with Crippen molar-refractivity contribution in [1.29, 1.82) is 0 Å². The van der Waals surface area contributed by atoms with Crippen LogP contribution >= 0.6 is 11.8 Å². The first kappa shape index (κ1) is 26.1. The third kappa shape index (κ3) is 6.56. The van der Waals surface area contributed by atoms with Crippen LogP contribution in [0, 0.1) is 0 Å². The lowest BCUT2D eigenvalue weighted by molar-refractivity contribution is -0.143. The Labute approximate surface area is 199 Å². The van der Waals surface area contributed by atoms with Gasteiger partial charge >= 0.3 is 12.4 Å². The molecule has 186 valence electrons. The Morgan fingerprint density at radius 3 is 2.43 bits per heavy atom. The van der Waals surface area contributed by atoms with Gasteiger partial charge in [0, 0.05) is 19.5 Å². The summed E-state index contributed by atoms with van der Waals surface area (Å²) >= 11 is 0.906. The minimum atomic E-state index is -5.04. The summed E-state index contributed by atoms with van der Waals surface area (Å²) in [5, 5.41) is 4.73. The van der Waals surface area contributed by atoms with Crippen LogP contribution in [0.1, 0.15) is 29.2 Å². The molecule has 13 heteroatoms. The Hall–Kier alpha value is -3.48. The van der Waals surface area contributed by atoms with Crippen LogP contribution < -0.4 is 15.4 Å². The van der Waals surface area contributed by atoms with Gasteiger partial charge in [0.25, 0.3) is 5.24 Å². The number of thioether (sulfide) groups is 1. The minimum absolute atomic E-state index is 0.00645. The van der Waals surface area contributed by atoms with Gasteiger partial charge in [-0.05, 0) is 47.7 Å². The molecule has 2 amide bonds. The molecular formula is C22H17F6N3O3S. The van der Waals surface area contributed by atoms with Crippen molar-refractivity contribution >= 4 is 40.5 Å². The molecule has 1 fully saturated rings. The van der Waals surface area contributed by atoms with Crippen LogP contribution in [0.25, 0.3) is 6.08 Å². The molecule has 35 heavy (non-hydrogen) atoms. The molecule has 1 aliphatic heterocycles. The number of carbonyl (C=O) groups excluding carboxylic acids is 2. The van der Waals surface area contributed by atoms with E-state index < -0.39 is 41.6 Å². The summed E-state index contributed by atoms with van der Waals surface area (Å²) in [5.74, 6) is -0.149. The van der Waals surface area contributed by atoms with Crippen LogP contribution in [0.4, 0.5) is 36.8 Å². The number of halogens is 6. The number of nitrogens with one attached hydrogen (secondary N) is 2. The molecule has 2 aromatic carbocycles. The molecule has 0 radical (unpaired) electrons. The molecule has 0 unspecified atom stereocenters. The zero-order valence-corrected chi connectivity index (χ0v) is 18.9. The van der Waals surface area contributed by atoms with Gasteiger partial charge in [-0.25, -0.2) is 0 Å². The number of anilines is 1. The van der Waals surface area contributed by atoms with Gasteiger partial charge in [-0.15, -0.1) is 0 Å². The van der Waals surface area contributed by atoms with E-state index in [-0.39, 0.29) is 22.7 Å². The van der Waals surface area contributed by atoms with Crippen LogP contribution in [0.15, 0.2) is 46.3 Å². The number of alkyl halides is 6. The van der Waals surface area contributed by atoms with Gasteiger partial charge in [-0.3, -0.25) is 14.6 Å². The van der Waals surface area contributed by atoms with Crippen molar-refractivity contribution in [3.8, 4) is 5.75 Å². The molecule has 1 saturated heterocycles. The second-order valence-electron chi connectivity index (χ2n) is 7.19. The molecular weight excluding hydrogens is 500 g/mol. The molecule has 0 spiro atoms. The average molecular weight is 517 g/mol. The van der Waals surface area contributed by atoms with Crippen molar-refractivity contribution < 1.29 is 40.7 Å². The highest BCUT2D eigenvalue weighted by atomic mass is 32.2. The summed E-state index contributed by atoms with van der Waals surface area (Å²) in [5.41, 5.74) is -2.79. The summed E-state index contributed by atoms with van der Waals surface area (Å²) in [6, 6.07) is 5.66. The highest BCUT2D eigenvalue weighted by Crippen LogP contribution is 2.38. The fraction of sp³-hybridized carbons (Fsp3) is 0.227. The Balaban J connectivity index is 1.92. The van der Waals surface area contributed by atoms with E-state index >= 15 is 0 Å². The monoisotopic (exact) mass is 517 g/mol. The molecule has 1 heterocycles. The van der Waals surface area contributed by atoms with E-state index in [1.165, 1.54) is 32.2 Å². The fourth-order valence-corrected chi connectivity index (χ4v) is 3.88. The molecule has 2 aromatic rings. The highest BCUT2D eigenvalue weighted by Gasteiger charge is 2.38. The third-order valence-electron chi connectivity index (χ3n) is 4.62. The van der Waals surface area contributed by atoms with Crippen LogP contribution in [0.5, 0.6) is 5.75 Å². The molecule has 2 N–H and O–H groups in total. The molecule has 1 aliphatic rings. The standard InChI is InChI=1S/C22H17F6N3O3S/c1-11(32)30-16-7-12(8-18-19(29-2)31-20(33)35-18)3-6-17(16)34-10-13-4-5-14(21(23,24)25)9-15(13)22(26,27)28/h3-9H,10H2,1-2H3,(H,30,32)(H,29,31,33)/b18-8-. The van der Waals surface area contributed by atoms with Crippen molar-refractivity contribution in [3.63, 3.8) is 0 Å². The number of ether oxygens (including phenoxy) is 1. The molecule has 0 aromatic heterocycles. The molecule has 0 atom stereocenters. The van der Waals surface area contributed by atoms with E-state index in [0.717, 1.165) is 11.8 Å². The van der Waals surface area contributed by atoms with Crippen molar-refractivity contribution in [1.82, 2.24) is 5.32 Å². The number of carbonyl (C=O) groups is 2. The van der Waals surface area contributed by atoms with Gasteiger partial charge in [0.15, 0.2) is 0 Å². The molecule has 0 bridgehead atoms. The average Bonchev–Trinajstić information content (AvgIpc) is 3.10. The largest absolute Gasteiger partial charge is 0.487 e. The third-order valence-corrected chi connectivity index (χ3v) is 5.44. The van der Waals surface area contributed by atoms with Crippen molar-refractivity contribution in [3.05, 3.63) is 63.6 Å². The molecule has 6 nitrogen and oxygen atoms in total. The Morgan fingerprint density at radius 2 is 1.83 bits per heavy atom. The van der Waals surface area contributed by atoms with E-state index in [9.17, 15) is 35.9 Å². The lowest BCUT2D eigenvalue weighted by Gasteiger charge is -2.17. The molecule has 0 saturated carbocycles. The van der Waals surface area contributed by atoms with Gasteiger partial charge in [-0.1, -0.05) is 12.1 Å². The first-order valence-electron chi connectivity index (χ1n) is 9.77. The van der Waals surface area contributed by atoms with Crippen LogP contribution in [-0.4, -0.2) is 24.0 Å². The normalized spacial score (nSPS) is 16.5. The van der Waals surface area contributed by atoms with E-state index in [0.29, 0.717) is 28.4 Å². The maximum absolute atomic E-state index is 13.4. The zero-order valence-electron chi connectivity index (χ0n) is 18.1. The number of rotatable bonds is 5. The number of aliphatic imine (C=N–C) groups is 1. The SMILES string of the molecule is CN=C1NC(=O)S/C1=C\c1ccc(OCc2ccc(C(F)(F)F)cc2C(F)(F)F)c(NC(C)=O)c1. The Kier molecular flexibility index (Phi) is 7.48. The van der Waals surface area contributed by atoms with Gasteiger partial charge in [-0.2, -0.15) is 26.3 Å². The lowest BCUT2D eigenvalue weighted by Crippen LogP contribution is -2.18. The predicted octanol–water partition coefficient (Wildman–Crippen LogP) is 6.09. The van der Waals surface area contributed by atoms with Gasteiger partial charge in [0.1, 0.15) is 18.2 Å². The van der Waals surface area contributed by atoms with Gasteiger partial charge in [0.2, 0.25) is 5.91 Å². The maximum atomic E-state index is 13.4.